The topological polar surface area (TPSA) is 38.0 Å². The lowest BCUT2D eigenvalue weighted by molar-refractivity contribution is 0.469. The van der Waals surface area contributed by atoms with Crippen molar-refractivity contribution in [3.8, 4) is 0 Å². The molecule has 0 saturated carbocycles. The molecule has 1 unspecified atom stereocenters. The van der Waals surface area contributed by atoms with Crippen molar-refractivity contribution in [2.24, 2.45) is 11.7 Å². The molecule has 4 heteroatoms. The second-order valence-electron chi connectivity index (χ2n) is 4.21. The molecule has 0 bridgehead atoms. The van der Waals surface area contributed by atoms with Crippen LogP contribution in [0.3, 0.4) is 0 Å². The van der Waals surface area contributed by atoms with Crippen molar-refractivity contribution < 1.29 is 0 Å². The predicted octanol–water partition coefficient (Wildman–Crippen LogP) is 3.37. The van der Waals surface area contributed by atoms with Gasteiger partial charge in [-0.15, -0.1) is 11.3 Å². The zero-order valence-electron chi connectivity index (χ0n) is 9.84. The van der Waals surface area contributed by atoms with Gasteiger partial charge in [0.05, 0.1) is 3.79 Å². The van der Waals surface area contributed by atoms with E-state index in [-0.39, 0.29) is 0 Å². The second-order valence-corrected chi connectivity index (χ2v) is 6.75. The van der Waals surface area contributed by atoms with Gasteiger partial charge in [-0.25, -0.2) is 0 Å². The summed E-state index contributed by atoms with van der Waals surface area (Å²) in [4.78, 5) is 1.39. The van der Waals surface area contributed by atoms with Gasteiger partial charge in [0.15, 0.2) is 0 Å². The molecule has 0 spiro atoms. The molecular formula is C12H21BrN2S. The molecule has 0 aliphatic rings. The summed E-state index contributed by atoms with van der Waals surface area (Å²) in [5.41, 5.74) is 5.52. The van der Waals surface area contributed by atoms with E-state index in [4.69, 9.17) is 5.73 Å². The molecule has 1 aromatic heterocycles. The number of rotatable bonds is 8. The Hall–Kier alpha value is 0.1000. The van der Waals surface area contributed by atoms with Crippen LogP contribution in [0.2, 0.25) is 0 Å². The monoisotopic (exact) mass is 304 g/mol. The van der Waals surface area contributed by atoms with E-state index in [1.807, 2.05) is 0 Å². The van der Waals surface area contributed by atoms with Crippen LogP contribution < -0.4 is 11.1 Å². The minimum Gasteiger partial charge on any atom is -0.330 e. The number of hydrogen-bond donors (Lipinski definition) is 2. The maximum Gasteiger partial charge on any atom is 0.0701 e. The molecule has 3 N–H and O–H groups in total. The van der Waals surface area contributed by atoms with E-state index < -0.39 is 0 Å². The first kappa shape index (κ1) is 14.2. The van der Waals surface area contributed by atoms with E-state index in [2.05, 4.69) is 40.3 Å². The smallest absolute Gasteiger partial charge is 0.0701 e. The van der Waals surface area contributed by atoms with E-state index in [1.54, 1.807) is 11.3 Å². The summed E-state index contributed by atoms with van der Waals surface area (Å²) in [6.07, 6.45) is 3.67. The highest BCUT2D eigenvalue weighted by molar-refractivity contribution is 9.11. The van der Waals surface area contributed by atoms with Gasteiger partial charge < -0.3 is 11.1 Å². The molecule has 1 rings (SSSR count). The Morgan fingerprint density at radius 1 is 1.44 bits per heavy atom. The summed E-state index contributed by atoms with van der Waals surface area (Å²) in [5.74, 6) is 0.766. The SMILES string of the molecule is CC(CCN)CCCNCc1ccc(Br)s1. The molecule has 0 saturated heterocycles. The van der Waals surface area contributed by atoms with Crippen LogP contribution in [0.5, 0.6) is 0 Å². The molecule has 0 aromatic carbocycles. The van der Waals surface area contributed by atoms with Gasteiger partial charge in [0, 0.05) is 11.4 Å². The highest BCUT2D eigenvalue weighted by Crippen LogP contribution is 2.21. The second kappa shape index (κ2) is 8.23. The number of hydrogen-bond acceptors (Lipinski definition) is 3. The first-order valence-electron chi connectivity index (χ1n) is 5.87. The minimum absolute atomic E-state index is 0.766. The first-order valence-corrected chi connectivity index (χ1v) is 7.48. The summed E-state index contributed by atoms with van der Waals surface area (Å²) in [5, 5.41) is 3.47. The summed E-state index contributed by atoms with van der Waals surface area (Å²) < 4.78 is 1.21. The van der Waals surface area contributed by atoms with Crippen molar-refractivity contribution >= 4 is 27.3 Å². The van der Waals surface area contributed by atoms with Gasteiger partial charge in [-0.3, -0.25) is 0 Å². The Labute approximate surface area is 111 Å². The number of nitrogens with one attached hydrogen (secondary N) is 1. The van der Waals surface area contributed by atoms with Crippen LogP contribution in [0, 0.1) is 5.92 Å². The van der Waals surface area contributed by atoms with Crippen molar-refractivity contribution in [1.82, 2.24) is 5.32 Å². The molecule has 1 atom stereocenters. The molecule has 0 aliphatic heterocycles. The van der Waals surface area contributed by atoms with Crippen molar-refractivity contribution in [3.05, 3.63) is 20.8 Å². The van der Waals surface area contributed by atoms with E-state index in [0.717, 1.165) is 32.0 Å². The normalized spacial score (nSPS) is 12.9. The van der Waals surface area contributed by atoms with Gasteiger partial charge in [-0.2, -0.15) is 0 Å². The maximum atomic E-state index is 5.52. The third-order valence-electron chi connectivity index (χ3n) is 2.64. The molecule has 0 aliphatic carbocycles. The highest BCUT2D eigenvalue weighted by atomic mass is 79.9. The summed E-state index contributed by atoms with van der Waals surface area (Å²) in [6, 6.07) is 4.27. The van der Waals surface area contributed by atoms with Gasteiger partial charge >= 0.3 is 0 Å². The van der Waals surface area contributed by atoms with Crippen LogP contribution in [0.4, 0.5) is 0 Å². The lowest BCUT2D eigenvalue weighted by Gasteiger charge is -2.09. The van der Waals surface area contributed by atoms with E-state index in [9.17, 15) is 0 Å². The van der Waals surface area contributed by atoms with Crippen LogP contribution in [0.15, 0.2) is 15.9 Å². The fourth-order valence-corrected chi connectivity index (χ4v) is 3.12. The summed E-state index contributed by atoms with van der Waals surface area (Å²) in [6.45, 7) is 5.19. The Balaban J connectivity index is 2.00. The number of nitrogens with two attached hydrogens (primary N) is 1. The largest absolute Gasteiger partial charge is 0.330 e. The minimum atomic E-state index is 0.766. The standard InChI is InChI=1S/C12H21BrN2S/c1-10(6-7-14)3-2-8-15-9-11-4-5-12(13)16-11/h4-5,10,15H,2-3,6-9,14H2,1H3. The lowest BCUT2D eigenvalue weighted by Crippen LogP contribution is -2.15. The van der Waals surface area contributed by atoms with Gasteiger partial charge in [-0.05, 0) is 66.3 Å². The van der Waals surface area contributed by atoms with Gasteiger partial charge in [0.2, 0.25) is 0 Å². The van der Waals surface area contributed by atoms with Crippen molar-refractivity contribution in [2.75, 3.05) is 13.1 Å². The van der Waals surface area contributed by atoms with Crippen molar-refractivity contribution in [2.45, 2.75) is 32.7 Å². The summed E-state index contributed by atoms with van der Waals surface area (Å²) in [7, 11) is 0. The molecule has 2 nitrogen and oxygen atoms in total. The van der Waals surface area contributed by atoms with Gasteiger partial charge in [-0.1, -0.05) is 6.92 Å². The fourth-order valence-electron chi connectivity index (χ4n) is 1.66. The number of thiophene rings is 1. The Morgan fingerprint density at radius 3 is 2.88 bits per heavy atom. The molecule has 1 aromatic rings. The Morgan fingerprint density at radius 2 is 2.25 bits per heavy atom. The lowest BCUT2D eigenvalue weighted by atomic mass is 10.0. The van der Waals surface area contributed by atoms with E-state index in [0.29, 0.717) is 0 Å². The molecule has 0 radical (unpaired) electrons. The third kappa shape index (κ3) is 5.99. The number of halogens is 1. The maximum absolute atomic E-state index is 5.52. The predicted molar refractivity (Wildman–Crippen MR) is 75.8 cm³/mol. The average Bonchev–Trinajstić information content (AvgIpc) is 2.64. The van der Waals surface area contributed by atoms with Gasteiger partial charge in [0.25, 0.3) is 0 Å². The fraction of sp³-hybridized carbons (Fsp3) is 0.667. The Kier molecular flexibility index (Phi) is 7.28. The molecule has 1 heterocycles. The van der Waals surface area contributed by atoms with Crippen LogP contribution in [-0.2, 0) is 6.54 Å². The van der Waals surface area contributed by atoms with E-state index >= 15 is 0 Å². The molecule has 0 amide bonds. The molecule has 0 fully saturated rings. The zero-order chi connectivity index (χ0) is 11.8. The van der Waals surface area contributed by atoms with Crippen molar-refractivity contribution in [1.29, 1.82) is 0 Å². The summed E-state index contributed by atoms with van der Waals surface area (Å²) >= 11 is 5.27. The quantitative estimate of drug-likeness (QED) is 0.723. The third-order valence-corrected chi connectivity index (χ3v) is 4.26. The molecular weight excluding hydrogens is 284 g/mol. The van der Waals surface area contributed by atoms with Crippen LogP contribution in [0.1, 0.15) is 31.1 Å². The highest BCUT2D eigenvalue weighted by Gasteiger charge is 2.00. The van der Waals surface area contributed by atoms with Crippen molar-refractivity contribution in [3.63, 3.8) is 0 Å². The molecule has 92 valence electrons. The van der Waals surface area contributed by atoms with E-state index in [1.165, 1.54) is 21.5 Å². The Bertz CT molecular complexity index is 288. The zero-order valence-corrected chi connectivity index (χ0v) is 12.2. The van der Waals surface area contributed by atoms with Crippen LogP contribution in [0.25, 0.3) is 0 Å². The van der Waals surface area contributed by atoms with Crippen LogP contribution in [-0.4, -0.2) is 13.1 Å². The average molecular weight is 305 g/mol. The van der Waals surface area contributed by atoms with Gasteiger partial charge in [0.1, 0.15) is 0 Å². The van der Waals surface area contributed by atoms with Crippen LogP contribution >= 0.6 is 27.3 Å². The molecule has 16 heavy (non-hydrogen) atoms. The first-order chi connectivity index (χ1) is 7.72.